The normalized spacial score (nSPS) is 14.8. The Balaban J connectivity index is 2.23. The summed E-state index contributed by atoms with van der Waals surface area (Å²) < 4.78 is 13.9. The summed E-state index contributed by atoms with van der Waals surface area (Å²) in [5, 5.41) is 3.25. The average Bonchev–Trinajstić information content (AvgIpc) is 2.72. The molecule has 2 aromatic rings. The van der Waals surface area contributed by atoms with Crippen LogP contribution in [0.25, 0.3) is 5.65 Å². The van der Waals surface area contributed by atoms with E-state index in [0.717, 1.165) is 10.3 Å². The highest BCUT2D eigenvalue weighted by molar-refractivity contribution is 9.10. The Bertz CT molecular complexity index is 556. The van der Waals surface area contributed by atoms with Crippen molar-refractivity contribution in [3.63, 3.8) is 0 Å². The van der Waals surface area contributed by atoms with Gasteiger partial charge in [-0.15, -0.1) is 0 Å². The third kappa shape index (κ3) is 2.84. The summed E-state index contributed by atoms with van der Waals surface area (Å²) in [6, 6.07) is 0. The number of hydrogen-bond donors (Lipinski definition) is 1. The molecule has 2 aromatic heterocycles. The van der Waals surface area contributed by atoms with Crippen LogP contribution in [0.5, 0.6) is 0 Å². The molecule has 7 heteroatoms. The minimum Gasteiger partial charge on any atom is -0.366 e. The lowest BCUT2D eigenvalue weighted by molar-refractivity contribution is 0.678. The molecule has 1 N–H and O–H groups in total. The molecule has 5 nitrogen and oxygen atoms in total. The number of nitrogens with zero attached hydrogens (tertiary/aromatic N) is 3. The van der Waals surface area contributed by atoms with Crippen LogP contribution < -0.4 is 5.32 Å². The van der Waals surface area contributed by atoms with Gasteiger partial charge in [0.1, 0.15) is 4.60 Å². The van der Waals surface area contributed by atoms with E-state index in [9.17, 15) is 4.21 Å². The van der Waals surface area contributed by atoms with E-state index in [2.05, 4.69) is 31.2 Å². The van der Waals surface area contributed by atoms with Gasteiger partial charge < -0.3 is 9.72 Å². The molecule has 0 saturated heterocycles. The Hall–Kier alpha value is -0.950. The maximum atomic E-state index is 11.3. The van der Waals surface area contributed by atoms with E-state index in [1.807, 2.05) is 23.7 Å². The Morgan fingerprint density at radius 3 is 3.12 bits per heavy atom. The Labute approximate surface area is 110 Å². The van der Waals surface area contributed by atoms with Crippen LogP contribution in [0.3, 0.4) is 0 Å². The molecule has 0 fully saturated rings. The fourth-order valence-electron chi connectivity index (χ4n) is 1.38. The van der Waals surface area contributed by atoms with Crippen molar-refractivity contribution < 1.29 is 4.21 Å². The Kier molecular flexibility index (Phi) is 3.78. The van der Waals surface area contributed by atoms with E-state index >= 15 is 0 Å². The molecule has 2 unspecified atom stereocenters. The first kappa shape index (κ1) is 12.5. The highest BCUT2D eigenvalue weighted by Crippen LogP contribution is 2.16. The fraction of sp³-hybridized carbons (Fsp3) is 0.400. The average molecular weight is 317 g/mol. The SMILES string of the molecule is CC(CNc1nc(Br)cn2ccnc12)S(C)=O. The highest BCUT2D eigenvalue weighted by atomic mass is 79.9. The van der Waals surface area contributed by atoms with Crippen molar-refractivity contribution in [2.45, 2.75) is 12.2 Å². The second kappa shape index (κ2) is 5.14. The van der Waals surface area contributed by atoms with Crippen molar-refractivity contribution in [3.8, 4) is 0 Å². The van der Waals surface area contributed by atoms with Crippen LogP contribution in [-0.2, 0) is 10.8 Å². The lowest BCUT2D eigenvalue weighted by Gasteiger charge is -2.11. The van der Waals surface area contributed by atoms with Crippen molar-refractivity contribution in [1.29, 1.82) is 0 Å². The summed E-state index contributed by atoms with van der Waals surface area (Å²) in [7, 11) is -0.843. The second-order valence-corrected chi connectivity index (χ2v) is 6.37. The zero-order chi connectivity index (χ0) is 12.4. The minimum atomic E-state index is -0.843. The Morgan fingerprint density at radius 1 is 1.65 bits per heavy atom. The molecule has 0 aliphatic heterocycles. The van der Waals surface area contributed by atoms with Crippen LogP contribution in [0.15, 0.2) is 23.2 Å². The maximum Gasteiger partial charge on any atom is 0.180 e. The zero-order valence-electron chi connectivity index (χ0n) is 9.55. The third-order valence-electron chi connectivity index (χ3n) is 2.47. The summed E-state index contributed by atoms with van der Waals surface area (Å²) in [5.74, 6) is 0.696. The van der Waals surface area contributed by atoms with Gasteiger partial charge in [-0.25, -0.2) is 9.97 Å². The maximum absolute atomic E-state index is 11.3. The van der Waals surface area contributed by atoms with E-state index < -0.39 is 10.8 Å². The number of fused-ring (bicyclic) bond motifs is 1. The molecule has 0 aliphatic carbocycles. The molecule has 2 rings (SSSR count). The van der Waals surface area contributed by atoms with E-state index in [1.165, 1.54) is 0 Å². The van der Waals surface area contributed by atoms with Gasteiger partial charge >= 0.3 is 0 Å². The first-order valence-corrected chi connectivity index (χ1v) is 7.54. The number of halogens is 1. The lowest BCUT2D eigenvalue weighted by atomic mass is 10.4. The molecular formula is C10H13BrN4OS. The quantitative estimate of drug-likeness (QED) is 0.932. The van der Waals surface area contributed by atoms with Crippen molar-refractivity contribution in [2.24, 2.45) is 0 Å². The van der Waals surface area contributed by atoms with Crippen molar-refractivity contribution in [3.05, 3.63) is 23.2 Å². The molecule has 2 atom stereocenters. The van der Waals surface area contributed by atoms with Crippen LogP contribution in [0.2, 0.25) is 0 Å². The molecule has 0 saturated carbocycles. The molecule has 2 heterocycles. The monoisotopic (exact) mass is 316 g/mol. The van der Waals surface area contributed by atoms with E-state index in [4.69, 9.17) is 0 Å². The smallest absolute Gasteiger partial charge is 0.180 e. The third-order valence-corrected chi connectivity index (χ3v) is 4.15. The predicted molar refractivity (Wildman–Crippen MR) is 72.7 cm³/mol. The van der Waals surface area contributed by atoms with E-state index in [0.29, 0.717) is 12.4 Å². The van der Waals surface area contributed by atoms with Crippen LogP contribution >= 0.6 is 15.9 Å². The topological polar surface area (TPSA) is 59.3 Å². The number of rotatable bonds is 4. The van der Waals surface area contributed by atoms with E-state index in [-0.39, 0.29) is 5.25 Å². The molecule has 0 radical (unpaired) electrons. The molecule has 0 aromatic carbocycles. The Morgan fingerprint density at radius 2 is 2.41 bits per heavy atom. The molecule has 0 aliphatic rings. The first-order valence-electron chi connectivity index (χ1n) is 5.13. The number of nitrogens with one attached hydrogen (secondary N) is 1. The number of imidazole rings is 1. The van der Waals surface area contributed by atoms with Crippen molar-refractivity contribution in [2.75, 3.05) is 18.1 Å². The number of aromatic nitrogens is 3. The number of anilines is 1. The summed E-state index contributed by atoms with van der Waals surface area (Å²) in [6.45, 7) is 2.54. The van der Waals surface area contributed by atoms with Gasteiger partial charge in [-0.3, -0.25) is 4.21 Å². The summed E-state index contributed by atoms with van der Waals surface area (Å²) >= 11 is 3.34. The van der Waals surface area contributed by atoms with Crippen LogP contribution in [-0.4, -0.2) is 36.6 Å². The van der Waals surface area contributed by atoms with Gasteiger partial charge in [-0.2, -0.15) is 0 Å². The summed E-state index contributed by atoms with van der Waals surface area (Å²) in [6.07, 6.45) is 7.12. The summed E-state index contributed by atoms with van der Waals surface area (Å²) in [4.78, 5) is 8.55. The van der Waals surface area contributed by atoms with Gasteiger partial charge in [0.15, 0.2) is 11.5 Å². The highest BCUT2D eigenvalue weighted by Gasteiger charge is 2.09. The lowest BCUT2D eigenvalue weighted by Crippen LogP contribution is -2.21. The van der Waals surface area contributed by atoms with Crippen LogP contribution in [0.4, 0.5) is 5.82 Å². The summed E-state index contributed by atoms with van der Waals surface area (Å²) in [5.41, 5.74) is 0.766. The molecule has 0 spiro atoms. The largest absolute Gasteiger partial charge is 0.366 e. The molecule has 0 bridgehead atoms. The van der Waals surface area contributed by atoms with Gasteiger partial charge in [0.05, 0.1) is 0 Å². The van der Waals surface area contributed by atoms with Crippen LogP contribution in [0.1, 0.15) is 6.92 Å². The second-order valence-electron chi connectivity index (χ2n) is 3.76. The molecule has 0 amide bonds. The van der Waals surface area contributed by atoms with Gasteiger partial charge in [0.2, 0.25) is 0 Å². The van der Waals surface area contributed by atoms with Gasteiger partial charge in [-0.1, -0.05) is 0 Å². The van der Waals surface area contributed by atoms with Gasteiger partial charge in [0.25, 0.3) is 0 Å². The number of hydrogen-bond acceptors (Lipinski definition) is 4. The molecular weight excluding hydrogens is 304 g/mol. The first-order chi connectivity index (χ1) is 8.08. The zero-order valence-corrected chi connectivity index (χ0v) is 12.0. The molecule has 92 valence electrons. The minimum absolute atomic E-state index is 0.0748. The van der Waals surface area contributed by atoms with Crippen LogP contribution in [0, 0.1) is 0 Å². The fourth-order valence-corrected chi connectivity index (χ4v) is 2.09. The van der Waals surface area contributed by atoms with Crippen molar-refractivity contribution >= 4 is 38.2 Å². The van der Waals surface area contributed by atoms with Gasteiger partial charge in [-0.05, 0) is 22.9 Å². The predicted octanol–water partition coefficient (Wildman–Crippen LogP) is 1.67. The standard InChI is InChI=1S/C10H13BrN4OS/c1-7(17(2)16)5-13-9-10-12-3-4-15(10)6-8(11)14-9/h3-4,6-7H,5H2,1-2H3,(H,13,14). The molecule has 17 heavy (non-hydrogen) atoms. The van der Waals surface area contributed by atoms with E-state index in [1.54, 1.807) is 12.5 Å². The van der Waals surface area contributed by atoms with Crippen molar-refractivity contribution in [1.82, 2.24) is 14.4 Å². The van der Waals surface area contributed by atoms with Gasteiger partial charge in [0, 0.05) is 47.4 Å².